The van der Waals surface area contributed by atoms with E-state index in [2.05, 4.69) is 0 Å². The predicted octanol–water partition coefficient (Wildman–Crippen LogP) is 3.85. The fraction of sp³-hybridized carbons (Fsp3) is 0.188. The quantitative estimate of drug-likeness (QED) is 0.460. The molecule has 0 aliphatic carbocycles. The summed E-state index contributed by atoms with van der Waals surface area (Å²) in [7, 11) is 0. The minimum atomic E-state index is -0.481. The highest BCUT2D eigenvalue weighted by Crippen LogP contribution is 2.31. The number of hydrogen-bond donors (Lipinski definition) is 0. The van der Waals surface area contributed by atoms with Crippen molar-refractivity contribution < 1.29 is 14.5 Å². The SMILES string of the molecule is CCOC(=O)Cc1cc(Sc2ccccc2)ccc1[N+](=O)[O-]. The average Bonchev–Trinajstić information content (AvgIpc) is 2.48. The molecule has 0 N–H and O–H groups in total. The molecule has 114 valence electrons. The highest BCUT2D eigenvalue weighted by molar-refractivity contribution is 7.99. The van der Waals surface area contributed by atoms with Gasteiger partial charge in [-0.2, -0.15) is 0 Å². The van der Waals surface area contributed by atoms with Gasteiger partial charge in [0.15, 0.2) is 0 Å². The number of esters is 1. The minimum Gasteiger partial charge on any atom is -0.466 e. The van der Waals surface area contributed by atoms with Gasteiger partial charge in [-0.15, -0.1) is 0 Å². The Morgan fingerprint density at radius 2 is 1.91 bits per heavy atom. The molecule has 6 heteroatoms. The molecule has 0 fully saturated rings. The third kappa shape index (κ3) is 4.33. The smallest absolute Gasteiger partial charge is 0.310 e. The van der Waals surface area contributed by atoms with Crippen molar-refractivity contribution in [3.8, 4) is 0 Å². The molecule has 22 heavy (non-hydrogen) atoms. The van der Waals surface area contributed by atoms with E-state index in [0.717, 1.165) is 9.79 Å². The van der Waals surface area contributed by atoms with E-state index in [0.29, 0.717) is 5.56 Å². The van der Waals surface area contributed by atoms with Gasteiger partial charge < -0.3 is 4.74 Å². The molecule has 0 saturated heterocycles. The molecule has 0 unspecified atom stereocenters. The summed E-state index contributed by atoms with van der Waals surface area (Å²) < 4.78 is 4.87. The highest BCUT2D eigenvalue weighted by Gasteiger charge is 2.18. The van der Waals surface area contributed by atoms with Gasteiger partial charge in [0.1, 0.15) is 0 Å². The molecule has 0 saturated carbocycles. The van der Waals surface area contributed by atoms with Crippen molar-refractivity contribution in [3.05, 3.63) is 64.2 Å². The molecule has 0 aliphatic rings. The molecule has 0 aromatic heterocycles. The lowest BCUT2D eigenvalue weighted by atomic mass is 10.1. The largest absolute Gasteiger partial charge is 0.466 e. The first-order chi connectivity index (χ1) is 10.6. The number of nitro groups is 1. The van der Waals surface area contributed by atoms with Gasteiger partial charge in [0.2, 0.25) is 0 Å². The van der Waals surface area contributed by atoms with Crippen LogP contribution in [0.15, 0.2) is 58.3 Å². The maximum atomic E-state index is 11.6. The Labute approximate surface area is 132 Å². The first-order valence-corrected chi connectivity index (χ1v) is 7.57. The summed E-state index contributed by atoms with van der Waals surface area (Å²) in [4.78, 5) is 24.1. The normalized spacial score (nSPS) is 10.2. The van der Waals surface area contributed by atoms with E-state index in [4.69, 9.17) is 4.74 Å². The number of ether oxygens (including phenoxy) is 1. The van der Waals surface area contributed by atoms with E-state index in [9.17, 15) is 14.9 Å². The van der Waals surface area contributed by atoms with E-state index in [1.807, 2.05) is 30.3 Å². The van der Waals surface area contributed by atoms with E-state index in [1.54, 1.807) is 19.1 Å². The van der Waals surface area contributed by atoms with Gasteiger partial charge in [0.25, 0.3) is 5.69 Å². The summed E-state index contributed by atoms with van der Waals surface area (Å²) in [6.45, 7) is 1.96. The Morgan fingerprint density at radius 1 is 1.18 bits per heavy atom. The Hall–Kier alpha value is -2.34. The monoisotopic (exact) mass is 317 g/mol. The summed E-state index contributed by atoms with van der Waals surface area (Å²) in [5.74, 6) is -0.465. The van der Waals surface area contributed by atoms with Crippen molar-refractivity contribution in [1.82, 2.24) is 0 Å². The van der Waals surface area contributed by atoms with Crippen LogP contribution in [-0.2, 0) is 16.0 Å². The molecule has 0 aliphatic heterocycles. The molecule has 0 amide bonds. The Bertz CT molecular complexity index is 673. The van der Waals surface area contributed by atoms with Crippen LogP contribution in [0.5, 0.6) is 0 Å². The van der Waals surface area contributed by atoms with Crippen molar-refractivity contribution in [2.45, 2.75) is 23.1 Å². The molecule has 0 atom stereocenters. The molecular formula is C16H15NO4S. The molecule has 0 heterocycles. The third-order valence-electron chi connectivity index (χ3n) is 2.87. The van der Waals surface area contributed by atoms with E-state index >= 15 is 0 Å². The molecule has 0 spiro atoms. The zero-order valence-corrected chi connectivity index (χ0v) is 12.8. The van der Waals surface area contributed by atoms with Crippen LogP contribution in [0.2, 0.25) is 0 Å². The van der Waals surface area contributed by atoms with Crippen LogP contribution in [0.3, 0.4) is 0 Å². The van der Waals surface area contributed by atoms with Crippen LogP contribution in [0.25, 0.3) is 0 Å². The van der Waals surface area contributed by atoms with Gasteiger partial charge in [0.05, 0.1) is 18.0 Å². The van der Waals surface area contributed by atoms with E-state index in [1.165, 1.54) is 17.8 Å². The molecule has 5 nitrogen and oxygen atoms in total. The molecule has 0 radical (unpaired) electrons. The van der Waals surface area contributed by atoms with Gasteiger partial charge in [-0.05, 0) is 31.2 Å². The second-order valence-corrected chi connectivity index (χ2v) is 5.59. The second-order valence-electron chi connectivity index (χ2n) is 4.44. The maximum Gasteiger partial charge on any atom is 0.310 e. The van der Waals surface area contributed by atoms with Gasteiger partial charge in [-0.25, -0.2) is 0 Å². The van der Waals surface area contributed by atoms with E-state index < -0.39 is 10.9 Å². The van der Waals surface area contributed by atoms with Gasteiger partial charge >= 0.3 is 5.97 Å². The summed E-state index contributed by atoms with van der Waals surface area (Å²) >= 11 is 1.49. The Morgan fingerprint density at radius 3 is 2.55 bits per heavy atom. The number of hydrogen-bond acceptors (Lipinski definition) is 5. The fourth-order valence-corrected chi connectivity index (χ4v) is 2.84. The molecular weight excluding hydrogens is 302 g/mol. The van der Waals surface area contributed by atoms with Crippen LogP contribution in [0.1, 0.15) is 12.5 Å². The number of carbonyl (C=O) groups excluding carboxylic acids is 1. The second kappa shape index (κ2) is 7.61. The number of nitro benzene ring substituents is 1. The first-order valence-electron chi connectivity index (χ1n) is 6.76. The molecule has 2 rings (SSSR count). The topological polar surface area (TPSA) is 69.4 Å². The Balaban J connectivity index is 2.26. The average molecular weight is 317 g/mol. The number of rotatable bonds is 6. The lowest BCUT2D eigenvalue weighted by Crippen LogP contribution is -2.09. The van der Waals surface area contributed by atoms with Gasteiger partial charge in [0, 0.05) is 21.4 Å². The van der Waals surface area contributed by atoms with Crippen molar-refractivity contribution in [2.24, 2.45) is 0 Å². The zero-order chi connectivity index (χ0) is 15.9. The fourth-order valence-electron chi connectivity index (χ4n) is 1.94. The van der Waals surface area contributed by atoms with Crippen LogP contribution in [-0.4, -0.2) is 17.5 Å². The van der Waals surface area contributed by atoms with Crippen LogP contribution >= 0.6 is 11.8 Å². The lowest BCUT2D eigenvalue weighted by Gasteiger charge is -2.06. The summed E-state index contributed by atoms with van der Waals surface area (Å²) in [5, 5.41) is 11.1. The van der Waals surface area contributed by atoms with Crippen LogP contribution in [0.4, 0.5) is 5.69 Å². The predicted molar refractivity (Wildman–Crippen MR) is 84.0 cm³/mol. The molecule has 2 aromatic carbocycles. The lowest BCUT2D eigenvalue weighted by molar-refractivity contribution is -0.385. The number of benzene rings is 2. The van der Waals surface area contributed by atoms with E-state index in [-0.39, 0.29) is 18.7 Å². The third-order valence-corrected chi connectivity index (χ3v) is 3.86. The van der Waals surface area contributed by atoms with Crippen molar-refractivity contribution in [1.29, 1.82) is 0 Å². The number of carbonyl (C=O) groups is 1. The van der Waals surface area contributed by atoms with Gasteiger partial charge in [-0.3, -0.25) is 14.9 Å². The van der Waals surface area contributed by atoms with Crippen LogP contribution in [0, 0.1) is 10.1 Å². The van der Waals surface area contributed by atoms with Crippen LogP contribution < -0.4 is 0 Å². The van der Waals surface area contributed by atoms with Gasteiger partial charge in [-0.1, -0.05) is 30.0 Å². The standard InChI is InChI=1S/C16H15NO4S/c1-2-21-16(18)11-12-10-14(8-9-15(12)17(19)20)22-13-6-4-3-5-7-13/h3-10H,2,11H2,1H3. The molecule has 0 bridgehead atoms. The minimum absolute atomic E-state index is 0.0644. The molecule has 2 aromatic rings. The van der Waals surface area contributed by atoms with Crippen molar-refractivity contribution >= 4 is 23.4 Å². The van der Waals surface area contributed by atoms with Crippen molar-refractivity contribution in [2.75, 3.05) is 6.61 Å². The first kappa shape index (κ1) is 16.0. The Kier molecular flexibility index (Phi) is 5.55. The summed E-state index contributed by atoms with van der Waals surface area (Å²) in [5.41, 5.74) is 0.301. The maximum absolute atomic E-state index is 11.6. The number of nitrogens with zero attached hydrogens (tertiary/aromatic N) is 1. The van der Waals surface area contributed by atoms with Crippen molar-refractivity contribution in [3.63, 3.8) is 0 Å². The zero-order valence-electron chi connectivity index (χ0n) is 12.0. The summed E-state index contributed by atoms with van der Waals surface area (Å²) in [6, 6.07) is 14.5. The highest BCUT2D eigenvalue weighted by atomic mass is 32.2. The summed E-state index contributed by atoms with van der Waals surface area (Å²) in [6.07, 6.45) is -0.104.